The number of carbonyl (C=O) groups is 2. The van der Waals surface area contributed by atoms with Crippen LogP contribution in [0.3, 0.4) is 0 Å². The average Bonchev–Trinajstić information content (AvgIpc) is 2.50. The highest BCUT2D eigenvalue weighted by molar-refractivity contribution is 9.10. The molecule has 0 aliphatic carbocycles. The lowest BCUT2D eigenvalue weighted by Crippen LogP contribution is -2.29. The number of carbonyl (C=O) groups excluding carboxylic acids is 1. The van der Waals surface area contributed by atoms with Gasteiger partial charge in [-0.2, -0.15) is 0 Å². The Morgan fingerprint density at radius 2 is 1.83 bits per heavy atom. The smallest absolute Gasteiger partial charge is 0.333 e. The third-order valence-electron chi connectivity index (χ3n) is 3.50. The maximum atomic E-state index is 12.0. The molecule has 23 heavy (non-hydrogen) atoms. The molecule has 0 unspecified atom stereocenters. The monoisotopic (exact) mass is 381 g/mol. The molecule has 0 aliphatic heterocycles. The molecule has 0 saturated heterocycles. The van der Waals surface area contributed by atoms with Crippen LogP contribution in [0.5, 0.6) is 0 Å². The Bertz CT molecular complexity index is 576. The SMILES string of the molecule is CCCC/C(NC(=O)C(C)C)=C(\Cc1ccc(Br)cc1)C(=O)O. The van der Waals surface area contributed by atoms with Crippen LogP contribution in [0, 0.1) is 5.92 Å². The van der Waals surface area contributed by atoms with Gasteiger partial charge >= 0.3 is 5.97 Å². The third kappa shape index (κ3) is 6.57. The van der Waals surface area contributed by atoms with Crippen molar-refractivity contribution in [3.05, 3.63) is 45.6 Å². The summed E-state index contributed by atoms with van der Waals surface area (Å²) in [6.45, 7) is 5.63. The number of aliphatic carboxylic acids is 1. The number of allylic oxidation sites excluding steroid dienone is 1. The van der Waals surface area contributed by atoms with Crippen molar-refractivity contribution in [2.24, 2.45) is 5.92 Å². The van der Waals surface area contributed by atoms with E-state index in [1.165, 1.54) is 0 Å². The first kappa shape index (κ1) is 19.4. The van der Waals surface area contributed by atoms with E-state index in [1.54, 1.807) is 13.8 Å². The van der Waals surface area contributed by atoms with E-state index in [4.69, 9.17) is 0 Å². The fourth-order valence-electron chi connectivity index (χ4n) is 2.05. The van der Waals surface area contributed by atoms with E-state index in [9.17, 15) is 14.7 Å². The summed E-state index contributed by atoms with van der Waals surface area (Å²) in [6.07, 6.45) is 2.63. The zero-order valence-corrected chi connectivity index (χ0v) is 15.4. The molecule has 5 heteroatoms. The van der Waals surface area contributed by atoms with Gasteiger partial charge in [0.15, 0.2) is 0 Å². The first-order valence-corrected chi connectivity index (χ1v) is 8.65. The number of nitrogens with one attached hydrogen (secondary N) is 1. The number of halogens is 1. The van der Waals surface area contributed by atoms with Gasteiger partial charge in [-0.05, 0) is 30.5 Å². The Balaban J connectivity index is 3.12. The zero-order chi connectivity index (χ0) is 17.4. The van der Waals surface area contributed by atoms with E-state index in [2.05, 4.69) is 21.2 Å². The van der Waals surface area contributed by atoms with Crippen LogP contribution < -0.4 is 5.32 Å². The number of hydrogen-bond donors (Lipinski definition) is 2. The summed E-state index contributed by atoms with van der Waals surface area (Å²) < 4.78 is 0.946. The fourth-order valence-corrected chi connectivity index (χ4v) is 2.32. The van der Waals surface area contributed by atoms with Crippen LogP contribution in [-0.2, 0) is 16.0 Å². The average molecular weight is 382 g/mol. The molecule has 0 saturated carbocycles. The van der Waals surface area contributed by atoms with Crippen molar-refractivity contribution in [2.75, 3.05) is 0 Å². The molecule has 1 aromatic carbocycles. The van der Waals surface area contributed by atoms with Gasteiger partial charge < -0.3 is 10.4 Å². The van der Waals surface area contributed by atoms with Gasteiger partial charge in [-0.15, -0.1) is 0 Å². The number of carboxylic acids is 1. The molecule has 0 bridgehead atoms. The van der Waals surface area contributed by atoms with Crippen LogP contribution in [0.4, 0.5) is 0 Å². The molecule has 0 heterocycles. The standard InChI is InChI=1S/C18H24BrNO3/c1-4-5-6-16(20-17(21)12(2)3)15(18(22)23)11-13-7-9-14(19)10-8-13/h7-10,12H,4-6,11H2,1-3H3,(H,20,21)(H,22,23)/b16-15-. The highest BCUT2D eigenvalue weighted by atomic mass is 79.9. The van der Waals surface area contributed by atoms with Gasteiger partial charge in [0.1, 0.15) is 0 Å². The largest absolute Gasteiger partial charge is 0.478 e. The quantitative estimate of drug-likeness (QED) is 0.659. The van der Waals surface area contributed by atoms with Crippen LogP contribution in [0.15, 0.2) is 40.0 Å². The summed E-state index contributed by atoms with van der Waals surface area (Å²) in [7, 11) is 0. The fraction of sp³-hybridized carbons (Fsp3) is 0.444. The van der Waals surface area contributed by atoms with Gasteiger partial charge in [0.2, 0.25) is 5.91 Å². The molecule has 0 radical (unpaired) electrons. The minimum Gasteiger partial charge on any atom is -0.478 e. The molecule has 2 N–H and O–H groups in total. The third-order valence-corrected chi connectivity index (χ3v) is 4.02. The van der Waals surface area contributed by atoms with Crippen molar-refractivity contribution in [3.63, 3.8) is 0 Å². The van der Waals surface area contributed by atoms with Crippen LogP contribution in [0.1, 0.15) is 45.6 Å². The summed E-state index contributed by atoms with van der Waals surface area (Å²) in [5.74, 6) is -1.32. The Labute approximate surface area is 146 Å². The normalized spacial score (nSPS) is 12.0. The molecule has 1 rings (SSSR count). The van der Waals surface area contributed by atoms with E-state index in [0.29, 0.717) is 18.5 Å². The first-order chi connectivity index (χ1) is 10.8. The number of hydrogen-bond acceptors (Lipinski definition) is 2. The second-order valence-corrected chi connectivity index (χ2v) is 6.73. The maximum Gasteiger partial charge on any atom is 0.333 e. The summed E-state index contributed by atoms with van der Waals surface area (Å²) >= 11 is 3.37. The number of amides is 1. The van der Waals surface area contributed by atoms with E-state index >= 15 is 0 Å². The summed E-state index contributed by atoms with van der Waals surface area (Å²) in [6, 6.07) is 7.53. The summed E-state index contributed by atoms with van der Waals surface area (Å²) in [5, 5.41) is 12.4. The van der Waals surface area contributed by atoms with Crippen molar-refractivity contribution < 1.29 is 14.7 Å². The molecule has 0 spiro atoms. The zero-order valence-electron chi connectivity index (χ0n) is 13.9. The predicted molar refractivity (Wildman–Crippen MR) is 95.0 cm³/mol. The molecular weight excluding hydrogens is 358 g/mol. The lowest BCUT2D eigenvalue weighted by atomic mass is 10.00. The molecule has 4 nitrogen and oxygen atoms in total. The molecule has 0 atom stereocenters. The van der Waals surface area contributed by atoms with Gasteiger partial charge in [-0.25, -0.2) is 4.79 Å². The lowest BCUT2D eigenvalue weighted by Gasteiger charge is -2.16. The molecule has 0 aliphatic rings. The Hall–Kier alpha value is -1.62. The van der Waals surface area contributed by atoms with Crippen LogP contribution in [-0.4, -0.2) is 17.0 Å². The minimum atomic E-state index is -0.983. The number of rotatable bonds is 8. The van der Waals surface area contributed by atoms with Crippen molar-refractivity contribution in [2.45, 2.75) is 46.5 Å². The number of benzene rings is 1. The van der Waals surface area contributed by atoms with Crippen molar-refractivity contribution >= 4 is 27.8 Å². The van der Waals surface area contributed by atoms with E-state index < -0.39 is 5.97 Å². The van der Waals surface area contributed by atoms with Gasteiger partial charge in [-0.1, -0.05) is 55.3 Å². The van der Waals surface area contributed by atoms with Gasteiger partial charge in [-0.3, -0.25) is 4.79 Å². The van der Waals surface area contributed by atoms with E-state index in [1.807, 2.05) is 31.2 Å². The van der Waals surface area contributed by atoms with Gasteiger partial charge in [0, 0.05) is 22.5 Å². The van der Waals surface area contributed by atoms with Gasteiger partial charge in [0.05, 0.1) is 5.57 Å². The van der Waals surface area contributed by atoms with Gasteiger partial charge in [0.25, 0.3) is 0 Å². The van der Waals surface area contributed by atoms with E-state index in [-0.39, 0.29) is 17.4 Å². The first-order valence-electron chi connectivity index (χ1n) is 7.85. The molecule has 0 fully saturated rings. The summed E-state index contributed by atoms with van der Waals surface area (Å²) in [4.78, 5) is 23.7. The molecule has 126 valence electrons. The maximum absolute atomic E-state index is 12.0. The Morgan fingerprint density at radius 3 is 2.30 bits per heavy atom. The molecular formula is C18H24BrNO3. The van der Waals surface area contributed by atoms with Crippen LogP contribution in [0.25, 0.3) is 0 Å². The van der Waals surface area contributed by atoms with E-state index in [0.717, 1.165) is 22.9 Å². The van der Waals surface area contributed by atoms with Crippen LogP contribution in [0.2, 0.25) is 0 Å². The highest BCUT2D eigenvalue weighted by Crippen LogP contribution is 2.18. The molecule has 1 aromatic rings. The highest BCUT2D eigenvalue weighted by Gasteiger charge is 2.18. The topological polar surface area (TPSA) is 66.4 Å². The molecule has 0 aromatic heterocycles. The second-order valence-electron chi connectivity index (χ2n) is 5.81. The lowest BCUT2D eigenvalue weighted by molar-refractivity contribution is -0.132. The van der Waals surface area contributed by atoms with Crippen LogP contribution >= 0.6 is 15.9 Å². The van der Waals surface area contributed by atoms with Crippen molar-refractivity contribution in [3.8, 4) is 0 Å². The second kappa shape index (κ2) is 9.50. The predicted octanol–water partition coefficient (Wildman–Crippen LogP) is 4.29. The Kier molecular flexibility index (Phi) is 8.03. The minimum absolute atomic E-state index is 0.148. The summed E-state index contributed by atoms with van der Waals surface area (Å²) in [5.41, 5.74) is 1.69. The Morgan fingerprint density at radius 1 is 1.22 bits per heavy atom. The van der Waals surface area contributed by atoms with Crippen molar-refractivity contribution in [1.82, 2.24) is 5.32 Å². The van der Waals surface area contributed by atoms with Crippen molar-refractivity contribution in [1.29, 1.82) is 0 Å². The number of unbranched alkanes of at least 4 members (excludes halogenated alkanes) is 1. The number of carboxylic acid groups (broad SMARTS) is 1. The molecule has 1 amide bonds.